The largest absolute Gasteiger partial charge is 0.491 e. The molecule has 9 nitrogen and oxygen atoms in total. The van der Waals surface area contributed by atoms with Crippen molar-refractivity contribution in [3.8, 4) is 34.3 Å². The average molecular weight is 861 g/mol. The monoisotopic (exact) mass is 860 g/mol. The van der Waals surface area contributed by atoms with E-state index < -0.39 is 12.1 Å². The van der Waals surface area contributed by atoms with Crippen LogP contribution in [-0.2, 0) is 4.79 Å². The minimum absolute atomic E-state index is 0.0329. The molecule has 2 aliphatic rings. The zero-order valence-electron chi connectivity index (χ0n) is 35.3. The van der Waals surface area contributed by atoms with Crippen LogP contribution < -0.4 is 9.47 Å². The quantitative estimate of drug-likeness (QED) is 0.112. The molecule has 0 aliphatic carbocycles. The van der Waals surface area contributed by atoms with Gasteiger partial charge < -0.3 is 19.4 Å². The predicted octanol–water partition coefficient (Wildman–Crippen LogP) is 11.7. The second-order valence-corrected chi connectivity index (χ2v) is 18.4. The summed E-state index contributed by atoms with van der Waals surface area (Å²) in [7, 11) is 0. The fourth-order valence-electron chi connectivity index (χ4n) is 9.66. The van der Waals surface area contributed by atoms with E-state index in [4.69, 9.17) is 19.4 Å². The first-order valence-corrected chi connectivity index (χ1v) is 23.7. The van der Waals surface area contributed by atoms with Crippen molar-refractivity contribution in [1.82, 2.24) is 29.7 Å². The van der Waals surface area contributed by atoms with E-state index >= 15 is 4.79 Å². The van der Waals surface area contributed by atoms with Crippen LogP contribution in [0.25, 0.3) is 44.6 Å². The van der Waals surface area contributed by atoms with Gasteiger partial charge in [0.2, 0.25) is 0 Å². The van der Waals surface area contributed by atoms with Gasteiger partial charge in [0.1, 0.15) is 46.8 Å². The number of nitrogens with zero attached hydrogens (tertiary/aromatic N) is 4. The number of carbonyl (C=O) groups is 1. The highest BCUT2D eigenvalue weighted by atomic mass is 32.1. The number of likely N-dealkylation sites (tertiary alicyclic amines) is 2. The van der Waals surface area contributed by atoms with Gasteiger partial charge in [0, 0.05) is 32.6 Å². The summed E-state index contributed by atoms with van der Waals surface area (Å²) < 4.78 is 13.2. The van der Waals surface area contributed by atoms with Crippen LogP contribution in [0.4, 0.5) is 0 Å². The van der Waals surface area contributed by atoms with Gasteiger partial charge in [-0.15, -0.1) is 22.7 Å². The van der Waals surface area contributed by atoms with E-state index in [-0.39, 0.29) is 31.1 Å². The first-order chi connectivity index (χ1) is 30.5. The molecular weight excluding hydrogens is 809 g/mol. The number of Topliss-reactive ketones (excluding diaryl/α,β-unsaturated/α-hetero) is 1. The van der Waals surface area contributed by atoms with Gasteiger partial charge in [-0.05, 0) is 100 Å². The van der Waals surface area contributed by atoms with Crippen LogP contribution in [-0.4, -0.2) is 73.9 Å². The fraction of sp³-hybridized carbons (Fsp3) is 0.314. The van der Waals surface area contributed by atoms with Crippen molar-refractivity contribution in [1.29, 1.82) is 0 Å². The third-order valence-corrected chi connectivity index (χ3v) is 14.8. The molecule has 11 heteroatoms. The van der Waals surface area contributed by atoms with E-state index in [1.807, 2.05) is 60.7 Å². The lowest BCUT2D eigenvalue weighted by molar-refractivity contribution is -0.136. The fourth-order valence-corrected chi connectivity index (χ4v) is 11.6. The molecule has 10 rings (SSSR count). The molecular formula is C51H52N6O3S2. The Labute approximate surface area is 370 Å². The smallest absolute Gasteiger partial charge is 0.174 e. The number of thiazole rings is 2. The van der Waals surface area contributed by atoms with Gasteiger partial charge in [0.15, 0.2) is 5.78 Å². The number of piperidine rings is 2. The van der Waals surface area contributed by atoms with Crippen LogP contribution in [0.3, 0.4) is 0 Å². The number of hydrogen-bond acceptors (Lipinski definition) is 9. The number of carbonyl (C=O) groups excluding carboxylic acids is 1. The predicted molar refractivity (Wildman–Crippen MR) is 251 cm³/mol. The lowest BCUT2D eigenvalue weighted by Crippen LogP contribution is -2.58. The molecule has 0 saturated carbocycles. The van der Waals surface area contributed by atoms with E-state index in [9.17, 15) is 0 Å². The summed E-state index contributed by atoms with van der Waals surface area (Å²) in [6.07, 6.45) is 5.97. The number of fused-ring (bicyclic) bond motifs is 2. The Kier molecular flexibility index (Phi) is 11.8. The Bertz CT molecular complexity index is 2590. The standard InChI is InChI=1S/C51H52N6O3S2/c1-33-37-21-9-11-23-39(37)52-47(33)41-31-61-50(54-41)43-25-13-15-27-56(43)45(29-59-35-17-5-3-6-18-35)49(58)46(30-60-36-19-7-4-8-20-36)57-28-16-14-26-44(57)51-55-42(32-62-51)48-34(2)38-22-10-12-24-40(38)53-48/h3-12,17-24,31-32,43-46,52-53H,13-16,25-30H2,1-2H3/t43-,44-,45?,46?/m1/s1. The highest BCUT2D eigenvalue weighted by Gasteiger charge is 2.43. The number of aromatic nitrogens is 4. The lowest BCUT2D eigenvalue weighted by atomic mass is 9.93. The number of aryl methyl sites for hydroxylation is 2. The molecule has 4 atom stereocenters. The molecule has 6 heterocycles. The summed E-state index contributed by atoms with van der Waals surface area (Å²) in [5, 5.41) is 8.83. The van der Waals surface area contributed by atoms with Crippen molar-refractivity contribution in [3.63, 3.8) is 0 Å². The number of para-hydroxylation sites is 4. The highest BCUT2D eigenvalue weighted by Crippen LogP contribution is 2.41. The molecule has 2 saturated heterocycles. The number of rotatable bonds is 14. The van der Waals surface area contributed by atoms with Crippen molar-refractivity contribution in [2.45, 2.75) is 76.5 Å². The lowest BCUT2D eigenvalue weighted by Gasteiger charge is -2.44. The molecule has 8 aromatic rings. The number of ether oxygens (including phenoxy) is 2. The van der Waals surface area contributed by atoms with Crippen LogP contribution in [0.15, 0.2) is 120 Å². The molecule has 316 valence electrons. The minimum atomic E-state index is -0.546. The summed E-state index contributed by atoms with van der Waals surface area (Å²) >= 11 is 3.38. The van der Waals surface area contributed by atoms with E-state index in [1.54, 1.807) is 22.7 Å². The van der Waals surface area contributed by atoms with Crippen LogP contribution in [0, 0.1) is 13.8 Å². The van der Waals surface area contributed by atoms with E-state index in [1.165, 1.54) is 21.9 Å². The van der Waals surface area contributed by atoms with Crippen LogP contribution >= 0.6 is 22.7 Å². The Hall–Kier alpha value is -5.59. The first kappa shape index (κ1) is 40.5. The van der Waals surface area contributed by atoms with Crippen molar-refractivity contribution in [3.05, 3.63) is 141 Å². The third kappa shape index (κ3) is 8.10. The molecule has 2 unspecified atom stereocenters. The summed E-state index contributed by atoms with van der Waals surface area (Å²) in [4.78, 5) is 38.6. The summed E-state index contributed by atoms with van der Waals surface area (Å²) in [5.41, 5.74) is 8.61. The Morgan fingerprint density at radius 2 is 1.03 bits per heavy atom. The van der Waals surface area contributed by atoms with Gasteiger partial charge in [-0.1, -0.05) is 85.6 Å². The number of ketones is 1. The van der Waals surface area contributed by atoms with Gasteiger partial charge in [-0.2, -0.15) is 0 Å². The van der Waals surface area contributed by atoms with E-state index in [0.29, 0.717) is 0 Å². The zero-order chi connectivity index (χ0) is 42.0. The topological polar surface area (TPSA) is 99.4 Å². The highest BCUT2D eigenvalue weighted by molar-refractivity contribution is 7.10. The Morgan fingerprint density at radius 3 is 1.47 bits per heavy atom. The van der Waals surface area contributed by atoms with Gasteiger partial charge in [-0.25, -0.2) is 9.97 Å². The minimum Gasteiger partial charge on any atom is -0.491 e. The average Bonchev–Trinajstić information content (AvgIpc) is 4.14. The molecule has 2 N–H and O–H groups in total. The Balaban J connectivity index is 1.00. The van der Waals surface area contributed by atoms with Crippen molar-refractivity contribution >= 4 is 50.3 Å². The van der Waals surface area contributed by atoms with Crippen molar-refractivity contribution in [2.75, 3.05) is 26.3 Å². The molecule has 4 aromatic heterocycles. The third-order valence-electron chi connectivity index (χ3n) is 12.9. The molecule has 0 radical (unpaired) electrons. The first-order valence-electron chi connectivity index (χ1n) is 22.0. The van der Waals surface area contributed by atoms with E-state index in [2.05, 4.69) is 92.9 Å². The molecule has 62 heavy (non-hydrogen) atoms. The summed E-state index contributed by atoms with van der Waals surface area (Å²) in [6.45, 7) is 6.32. The van der Waals surface area contributed by atoms with Gasteiger partial charge >= 0.3 is 0 Å². The number of hydrogen-bond donors (Lipinski definition) is 2. The van der Waals surface area contributed by atoms with Crippen molar-refractivity contribution in [2.24, 2.45) is 0 Å². The maximum Gasteiger partial charge on any atom is 0.174 e. The number of benzene rings is 4. The Morgan fingerprint density at radius 1 is 0.613 bits per heavy atom. The van der Waals surface area contributed by atoms with Crippen LogP contribution in [0.2, 0.25) is 0 Å². The number of H-pyrrole nitrogens is 2. The van der Waals surface area contributed by atoms with Gasteiger partial charge in [-0.3, -0.25) is 14.6 Å². The second kappa shape index (κ2) is 18.0. The van der Waals surface area contributed by atoms with Crippen molar-refractivity contribution < 1.29 is 14.3 Å². The SMILES string of the molecule is Cc1c(-c2csc([C@H]3CCCCN3C(COc3ccccc3)C(=O)C(COc3ccccc3)N3CCCC[C@@H]3c3nc(-c4[nH]c5ccccc5c4C)cs3)n2)[nH]c2ccccc12. The molecule has 0 amide bonds. The number of aromatic amines is 2. The molecule has 2 fully saturated rings. The summed E-state index contributed by atoms with van der Waals surface area (Å²) in [5.74, 6) is 1.61. The second-order valence-electron chi connectivity index (χ2n) is 16.7. The molecule has 4 aromatic carbocycles. The molecule has 0 spiro atoms. The van der Waals surface area contributed by atoms with Crippen LogP contribution in [0.1, 0.15) is 71.8 Å². The molecule has 0 bridgehead atoms. The van der Waals surface area contributed by atoms with Gasteiger partial charge in [0.05, 0.1) is 34.9 Å². The molecule has 2 aliphatic heterocycles. The normalized spacial score (nSPS) is 18.5. The van der Waals surface area contributed by atoms with Crippen LogP contribution in [0.5, 0.6) is 11.5 Å². The maximum absolute atomic E-state index is 15.9. The van der Waals surface area contributed by atoms with Gasteiger partial charge in [0.25, 0.3) is 0 Å². The van der Waals surface area contributed by atoms with E-state index in [0.717, 1.165) is 107 Å². The summed E-state index contributed by atoms with van der Waals surface area (Å²) in [6, 6.07) is 35.5. The number of nitrogens with one attached hydrogen (secondary N) is 2. The zero-order valence-corrected chi connectivity index (χ0v) is 36.9. The maximum atomic E-state index is 15.9.